The van der Waals surface area contributed by atoms with E-state index < -0.39 is 0 Å². The molecule has 0 N–H and O–H groups in total. The highest BCUT2D eigenvalue weighted by molar-refractivity contribution is 4.79. The molecule has 0 atom stereocenters. The van der Waals surface area contributed by atoms with Gasteiger partial charge < -0.3 is 9.80 Å². The van der Waals surface area contributed by atoms with Crippen LogP contribution in [0.4, 0.5) is 0 Å². The molecule has 0 aromatic carbocycles. The molecule has 114 valence electrons. The molecule has 2 nitrogen and oxygen atoms in total. The van der Waals surface area contributed by atoms with Gasteiger partial charge in [0, 0.05) is 6.04 Å². The van der Waals surface area contributed by atoms with Crippen LogP contribution in [0, 0.1) is 11.3 Å². The third kappa shape index (κ3) is 6.27. The van der Waals surface area contributed by atoms with Crippen LogP contribution in [0.2, 0.25) is 0 Å². The topological polar surface area (TPSA) is 6.48 Å². The maximum atomic E-state index is 2.53. The molecule has 2 rings (SSSR count). The van der Waals surface area contributed by atoms with Crippen LogP contribution in [-0.2, 0) is 0 Å². The van der Waals surface area contributed by atoms with Gasteiger partial charge in [0.15, 0.2) is 0 Å². The van der Waals surface area contributed by atoms with Gasteiger partial charge in [-0.1, -0.05) is 20.8 Å². The Morgan fingerprint density at radius 1 is 0.895 bits per heavy atom. The molecule has 19 heavy (non-hydrogen) atoms. The van der Waals surface area contributed by atoms with E-state index in [0.717, 1.165) is 12.0 Å². The molecular formula is C17H36N2. The Hall–Kier alpha value is -0.0800. The van der Waals surface area contributed by atoms with E-state index in [-0.39, 0.29) is 0 Å². The Kier molecular flexibility index (Phi) is 6.82. The van der Waals surface area contributed by atoms with E-state index >= 15 is 0 Å². The van der Waals surface area contributed by atoms with Gasteiger partial charge in [-0.15, -0.1) is 0 Å². The molecule has 0 radical (unpaired) electrons. The van der Waals surface area contributed by atoms with Crippen molar-refractivity contribution in [1.29, 1.82) is 0 Å². The summed E-state index contributed by atoms with van der Waals surface area (Å²) >= 11 is 0. The molecular weight excluding hydrogens is 232 g/mol. The van der Waals surface area contributed by atoms with E-state index in [1.807, 2.05) is 0 Å². The summed E-state index contributed by atoms with van der Waals surface area (Å²) in [4.78, 5) is 4.96. The average molecular weight is 268 g/mol. The van der Waals surface area contributed by atoms with Gasteiger partial charge in [-0.05, 0) is 84.1 Å². The van der Waals surface area contributed by atoms with E-state index in [1.54, 1.807) is 0 Å². The lowest BCUT2D eigenvalue weighted by molar-refractivity contribution is 0.129. The molecule has 0 spiro atoms. The van der Waals surface area contributed by atoms with Crippen molar-refractivity contribution in [3.8, 4) is 0 Å². The summed E-state index contributed by atoms with van der Waals surface area (Å²) in [6.45, 7) is 16.9. The number of hydrogen-bond acceptors (Lipinski definition) is 2. The number of nitrogens with zero attached hydrogens (tertiary/aromatic N) is 2. The minimum Gasteiger partial charge on any atom is -0.306 e. The highest BCUT2D eigenvalue weighted by atomic mass is 15.2. The third-order valence-electron chi connectivity index (χ3n) is 4.81. The zero-order valence-electron chi connectivity index (χ0n) is 14.2. The van der Waals surface area contributed by atoms with Gasteiger partial charge in [-0.2, -0.15) is 0 Å². The van der Waals surface area contributed by atoms with Crippen molar-refractivity contribution in [2.75, 3.05) is 33.2 Å². The van der Waals surface area contributed by atoms with Gasteiger partial charge in [0.05, 0.1) is 0 Å². The average Bonchev–Trinajstić information content (AvgIpc) is 2.82. The van der Waals surface area contributed by atoms with Crippen molar-refractivity contribution in [3.63, 3.8) is 0 Å². The summed E-state index contributed by atoms with van der Waals surface area (Å²) < 4.78 is 0. The van der Waals surface area contributed by atoms with Crippen molar-refractivity contribution >= 4 is 0 Å². The summed E-state index contributed by atoms with van der Waals surface area (Å²) in [6, 6.07) is 0.775. The molecule has 2 heterocycles. The number of hydrogen-bond donors (Lipinski definition) is 0. The highest BCUT2D eigenvalue weighted by Crippen LogP contribution is 2.33. The van der Waals surface area contributed by atoms with Crippen molar-refractivity contribution in [3.05, 3.63) is 0 Å². The Bertz CT molecular complexity index is 228. The molecule has 0 amide bonds. The SMILES string of the molecule is CC(C)N1CCCC1.CN1CCC(C(C)(C)C)CC1. The van der Waals surface area contributed by atoms with Crippen LogP contribution in [0.15, 0.2) is 0 Å². The Morgan fingerprint density at radius 3 is 1.68 bits per heavy atom. The Balaban J connectivity index is 0.000000200. The molecule has 0 aliphatic carbocycles. The lowest BCUT2D eigenvalue weighted by Crippen LogP contribution is -2.35. The molecule has 2 heteroatoms. The van der Waals surface area contributed by atoms with Crippen molar-refractivity contribution in [1.82, 2.24) is 9.80 Å². The van der Waals surface area contributed by atoms with E-state index in [0.29, 0.717) is 5.41 Å². The molecule has 2 fully saturated rings. The van der Waals surface area contributed by atoms with Crippen molar-refractivity contribution in [2.24, 2.45) is 11.3 Å². The second-order valence-corrected chi connectivity index (χ2v) is 7.78. The predicted octanol–water partition coefficient (Wildman–Crippen LogP) is 3.86. The Labute approximate surface area is 121 Å². The minimum absolute atomic E-state index is 0.529. The van der Waals surface area contributed by atoms with Crippen LogP contribution >= 0.6 is 0 Å². The fraction of sp³-hybridized carbons (Fsp3) is 1.00. The van der Waals surface area contributed by atoms with Crippen molar-refractivity contribution in [2.45, 2.75) is 66.3 Å². The van der Waals surface area contributed by atoms with Gasteiger partial charge in [0.1, 0.15) is 0 Å². The molecule has 0 aromatic heterocycles. The summed E-state index contributed by atoms with van der Waals surface area (Å²) in [5, 5.41) is 0. The minimum atomic E-state index is 0.529. The van der Waals surface area contributed by atoms with Crippen LogP contribution in [0.5, 0.6) is 0 Å². The predicted molar refractivity (Wildman–Crippen MR) is 85.6 cm³/mol. The number of rotatable bonds is 1. The smallest absolute Gasteiger partial charge is 0.00385 e. The fourth-order valence-electron chi connectivity index (χ4n) is 3.13. The number of piperidine rings is 1. The largest absolute Gasteiger partial charge is 0.306 e. The zero-order chi connectivity index (χ0) is 14.5. The number of likely N-dealkylation sites (tertiary alicyclic amines) is 2. The lowest BCUT2D eigenvalue weighted by Gasteiger charge is -2.37. The molecule has 0 aromatic rings. The summed E-state index contributed by atoms with van der Waals surface area (Å²) in [7, 11) is 2.22. The first-order valence-electron chi connectivity index (χ1n) is 8.23. The quantitative estimate of drug-likeness (QED) is 0.712. The summed E-state index contributed by atoms with van der Waals surface area (Å²) in [5.41, 5.74) is 0.529. The fourth-order valence-corrected chi connectivity index (χ4v) is 3.13. The van der Waals surface area contributed by atoms with Crippen molar-refractivity contribution < 1.29 is 0 Å². The zero-order valence-corrected chi connectivity index (χ0v) is 14.2. The maximum Gasteiger partial charge on any atom is 0.00385 e. The molecule has 2 aliphatic rings. The molecule has 0 unspecified atom stereocenters. The molecule has 0 saturated carbocycles. The second-order valence-electron chi connectivity index (χ2n) is 7.78. The molecule has 2 aliphatic heterocycles. The van der Waals surface area contributed by atoms with E-state index in [9.17, 15) is 0 Å². The van der Waals surface area contributed by atoms with Crippen LogP contribution in [0.3, 0.4) is 0 Å². The van der Waals surface area contributed by atoms with Gasteiger partial charge in [0.25, 0.3) is 0 Å². The first-order chi connectivity index (χ1) is 8.80. The molecule has 2 saturated heterocycles. The second kappa shape index (κ2) is 7.64. The lowest BCUT2D eigenvalue weighted by atomic mass is 9.75. The maximum absolute atomic E-state index is 2.53. The monoisotopic (exact) mass is 268 g/mol. The van der Waals surface area contributed by atoms with Crippen LogP contribution in [0.25, 0.3) is 0 Å². The summed E-state index contributed by atoms with van der Waals surface area (Å²) in [5.74, 6) is 0.943. The van der Waals surface area contributed by atoms with Gasteiger partial charge in [0.2, 0.25) is 0 Å². The first-order valence-corrected chi connectivity index (χ1v) is 8.23. The highest BCUT2D eigenvalue weighted by Gasteiger charge is 2.27. The van der Waals surface area contributed by atoms with Crippen LogP contribution < -0.4 is 0 Å². The van der Waals surface area contributed by atoms with E-state index in [2.05, 4.69) is 51.5 Å². The first kappa shape index (κ1) is 17.0. The van der Waals surface area contributed by atoms with Gasteiger partial charge in [-0.3, -0.25) is 0 Å². The third-order valence-corrected chi connectivity index (χ3v) is 4.81. The van der Waals surface area contributed by atoms with Gasteiger partial charge in [-0.25, -0.2) is 0 Å². The summed E-state index contributed by atoms with van der Waals surface area (Å²) in [6.07, 6.45) is 5.61. The van der Waals surface area contributed by atoms with E-state index in [1.165, 1.54) is 51.9 Å². The normalized spacial score (nSPS) is 23.5. The van der Waals surface area contributed by atoms with Crippen LogP contribution in [0.1, 0.15) is 60.3 Å². The molecule has 0 bridgehead atoms. The standard InChI is InChI=1S/C10H21N.C7H15N/c1-10(2,3)9-5-7-11(4)8-6-9;1-7(2)8-5-3-4-6-8/h9H,5-8H2,1-4H3;7H,3-6H2,1-2H3. The van der Waals surface area contributed by atoms with E-state index in [4.69, 9.17) is 0 Å². The van der Waals surface area contributed by atoms with Crippen LogP contribution in [-0.4, -0.2) is 49.1 Å². The van der Waals surface area contributed by atoms with Gasteiger partial charge >= 0.3 is 0 Å². The Morgan fingerprint density at radius 2 is 1.37 bits per heavy atom.